The van der Waals surface area contributed by atoms with Crippen LogP contribution in [-0.4, -0.2) is 32.1 Å². The molecule has 8 heteroatoms. The lowest BCUT2D eigenvalue weighted by Crippen LogP contribution is -2.31. The molecule has 1 atom stereocenters. The fraction of sp³-hybridized carbons (Fsp3) is 0.250. The van der Waals surface area contributed by atoms with Crippen LogP contribution in [-0.2, 0) is 9.59 Å². The highest BCUT2D eigenvalue weighted by Crippen LogP contribution is 2.45. The average molecular weight is 343 g/mol. The summed E-state index contributed by atoms with van der Waals surface area (Å²) in [5.41, 5.74) is 2.20. The lowest BCUT2D eigenvalue weighted by Gasteiger charge is -2.24. The topological polar surface area (TPSA) is 104 Å². The monoisotopic (exact) mass is 343 g/mol. The van der Waals surface area contributed by atoms with Gasteiger partial charge < -0.3 is 10.2 Å². The largest absolute Gasteiger partial charge is 0.508 e. The van der Waals surface area contributed by atoms with Crippen LogP contribution in [0.25, 0.3) is 0 Å². The highest BCUT2D eigenvalue weighted by atomic mass is 32.1. The molecule has 1 saturated carbocycles. The van der Waals surface area contributed by atoms with Crippen molar-refractivity contribution >= 4 is 28.2 Å². The summed E-state index contributed by atoms with van der Waals surface area (Å²) in [5.74, 6) is -1.45. The van der Waals surface area contributed by atoms with Gasteiger partial charge in [-0.1, -0.05) is 23.5 Å². The van der Waals surface area contributed by atoms with Gasteiger partial charge in [-0.2, -0.15) is 0 Å². The van der Waals surface area contributed by atoms with Crippen molar-refractivity contribution in [3.63, 3.8) is 0 Å². The summed E-state index contributed by atoms with van der Waals surface area (Å²) in [5, 5.41) is 27.8. The minimum Gasteiger partial charge on any atom is -0.508 e. The number of amides is 1. The number of aliphatic hydroxyl groups excluding tert-OH is 1. The number of carbonyl (C=O) groups excluding carboxylic acids is 2. The van der Waals surface area contributed by atoms with Gasteiger partial charge in [-0.25, -0.2) is 0 Å². The molecule has 1 amide bonds. The van der Waals surface area contributed by atoms with Crippen LogP contribution < -0.4 is 4.90 Å². The van der Waals surface area contributed by atoms with Gasteiger partial charge in [0.1, 0.15) is 11.3 Å². The lowest BCUT2D eigenvalue weighted by molar-refractivity contribution is -0.118. The Morgan fingerprint density at radius 3 is 2.50 bits per heavy atom. The molecule has 2 heterocycles. The van der Waals surface area contributed by atoms with Crippen LogP contribution in [0, 0.1) is 5.92 Å². The third-order valence-electron chi connectivity index (χ3n) is 4.19. The number of carbonyl (C=O) groups is 2. The molecule has 0 spiro atoms. The molecule has 4 rings (SSSR count). The van der Waals surface area contributed by atoms with Crippen molar-refractivity contribution in [2.75, 3.05) is 4.90 Å². The molecule has 122 valence electrons. The highest BCUT2D eigenvalue weighted by molar-refractivity contribution is 7.13. The highest BCUT2D eigenvalue weighted by Gasteiger charge is 2.48. The van der Waals surface area contributed by atoms with E-state index in [-0.39, 0.29) is 23.0 Å². The molecule has 7 nitrogen and oxygen atoms in total. The number of aromatic nitrogens is 2. The van der Waals surface area contributed by atoms with Gasteiger partial charge in [-0.3, -0.25) is 14.5 Å². The number of phenolic OH excluding ortho intramolecular Hbond substituents is 1. The predicted octanol–water partition coefficient (Wildman–Crippen LogP) is 2.12. The number of Topliss-reactive ketones (excluding diaryl/α,β-unsaturated/α-hetero) is 1. The molecule has 1 unspecified atom stereocenters. The normalized spacial score (nSPS) is 20.8. The molecule has 1 aromatic carbocycles. The van der Waals surface area contributed by atoms with Crippen LogP contribution >= 0.6 is 11.3 Å². The summed E-state index contributed by atoms with van der Waals surface area (Å²) in [6, 6.07) is 5.44. The van der Waals surface area contributed by atoms with Crippen molar-refractivity contribution in [2.24, 2.45) is 5.92 Å². The number of phenols is 1. The SMILES string of the molecule is O=C(C1=C(O)C(=O)N(c2nncs2)C1c1ccc(O)cc1)C1CC1. The zero-order valence-electron chi connectivity index (χ0n) is 12.4. The molecular formula is C16H13N3O4S. The van der Waals surface area contributed by atoms with E-state index >= 15 is 0 Å². The molecule has 0 radical (unpaired) electrons. The van der Waals surface area contributed by atoms with Crippen molar-refractivity contribution in [2.45, 2.75) is 18.9 Å². The zero-order chi connectivity index (χ0) is 16.8. The molecule has 1 fully saturated rings. The summed E-state index contributed by atoms with van der Waals surface area (Å²) in [7, 11) is 0. The van der Waals surface area contributed by atoms with E-state index in [2.05, 4.69) is 10.2 Å². The molecule has 1 aliphatic carbocycles. The number of aliphatic hydroxyl groups is 1. The first-order chi connectivity index (χ1) is 11.6. The van der Waals surface area contributed by atoms with Crippen LogP contribution in [0.5, 0.6) is 5.75 Å². The molecule has 24 heavy (non-hydrogen) atoms. The quantitative estimate of drug-likeness (QED) is 0.881. The smallest absolute Gasteiger partial charge is 0.296 e. The van der Waals surface area contributed by atoms with Crippen molar-refractivity contribution in [1.29, 1.82) is 0 Å². The first kappa shape index (κ1) is 14.8. The van der Waals surface area contributed by atoms with E-state index < -0.39 is 17.7 Å². The first-order valence-corrected chi connectivity index (χ1v) is 8.32. The van der Waals surface area contributed by atoms with Gasteiger partial charge in [0.15, 0.2) is 11.5 Å². The number of rotatable bonds is 4. The molecule has 1 aliphatic heterocycles. The van der Waals surface area contributed by atoms with E-state index in [1.165, 1.54) is 22.5 Å². The summed E-state index contributed by atoms with van der Waals surface area (Å²) in [6.45, 7) is 0. The van der Waals surface area contributed by atoms with Gasteiger partial charge in [0.05, 0.1) is 11.6 Å². The fourth-order valence-electron chi connectivity index (χ4n) is 2.86. The van der Waals surface area contributed by atoms with E-state index in [9.17, 15) is 19.8 Å². The summed E-state index contributed by atoms with van der Waals surface area (Å²) < 4.78 is 0. The van der Waals surface area contributed by atoms with Crippen molar-refractivity contribution in [1.82, 2.24) is 10.2 Å². The van der Waals surface area contributed by atoms with Crippen molar-refractivity contribution in [3.8, 4) is 5.75 Å². The zero-order valence-corrected chi connectivity index (χ0v) is 13.2. The third-order valence-corrected chi connectivity index (χ3v) is 4.87. The number of hydrogen-bond donors (Lipinski definition) is 2. The number of ketones is 1. The fourth-order valence-corrected chi connectivity index (χ4v) is 3.45. The third kappa shape index (κ3) is 2.26. The minimum absolute atomic E-state index is 0.0776. The number of benzene rings is 1. The Morgan fingerprint density at radius 1 is 1.21 bits per heavy atom. The van der Waals surface area contributed by atoms with Gasteiger partial charge in [0, 0.05) is 5.92 Å². The predicted molar refractivity (Wildman–Crippen MR) is 85.6 cm³/mol. The number of anilines is 1. The first-order valence-electron chi connectivity index (χ1n) is 7.44. The Morgan fingerprint density at radius 2 is 1.92 bits per heavy atom. The Hall–Kier alpha value is -2.74. The Kier molecular flexibility index (Phi) is 3.34. The lowest BCUT2D eigenvalue weighted by atomic mass is 9.94. The standard InChI is InChI=1S/C16H13N3O4S/c20-10-5-3-8(4-6-10)12-11(13(21)9-1-2-9)14(22)15(23)19(12)16-18-17-7-24-16/h3-7,9,12,20,22H,1-2H2. The molecular weight excluding hydrogens is 330 g/mol. The van der Waals surface area contributed by atoms with E-state index in [1.54, 1.807) is 12.1 Å². The van der Waals surface area contributed by atoms with E-state index in [4.69, 9.17) is 0 Å². The summed E-state index contributed by atoms with van der Waals surface area (Å²) in [6.07, 6.45) is 1.54. The van der Waals surface area contributed by atoms with Gasteiger partial charge in [0.25, 0.3) is 5.91 Å². The Labute approximate surface area is 140 Å². The van der Waals surface area contributed by atoms with Gasteiger partial charge in [0.2, 0.25) is 5.13 Å². The maximum Gasteiger partial charge on any atom is 0.296 e. The van der Waals surface area contributed by atoms with Crippen LogP contribution in [0.4, 0.5) is 5.13 Å². The Bertz CT molecular complexity index is 841. The summed E-state index contributed by atoms with van der Waals surface area (Å²) in [4.78, 5) is 26.5. The van der Waals surface area contributed by atoms with Crippen LogP contribution in [0.2, 0.25) is 0 Å². The maximum atomic E-state index is 12.7. The van der Waals surface area contributed by atoms with Crippen LogP contribution in [0.15, 0.2) is 41.1 Å². The van der Waals surface area contributed by atoms with E-state index in [0.717, 1.165) is 24.2 Å². The second kappa shape index (κ2) is 5.41. The van der Waals surface area contributed by atoms with Crippen LogP contribution in [0.1, 0.15) is 24.4 Å². The second-order valence-corrected chi connectivity index (χ2v) is 6.60. The Balaban J connectivity index is 1.85. The molecule has 0 bridgehead atoms. The minimum atomic E-state index is -0.765. The van der Waals surface area contributed by atoms with E-state index in [1.807, 2.05) is 0 Å². The van der Waals surface area contributed by atoms with Crippen molar-refractivity contribution < 1.29 is 19.8 Å². The molecule has 2 aliphatic rings. The molecule has 1 aromatic heterocycles. The van der Waals surface area contributed by atoms with Gasteiger partial charge >= 0.3 is 0 Å². The number of nitrogens with zero attached hydrogens (tertiary/aromatic N) is 3. The number of hydrogen-bond acceptors (Lipinski definition) is 7. The average Bonchev–Trinajstić information content (AvgIpc) is 3.23. The molecule has 0 saturated heterocycles. The van der Waals surface area contributed by atoms with E-state index in [0.29, 0.717) is 10.7 Å². The van der Waals surface area contributed by atoms with Crippen LogP contribution in [0.3, 0.4) is 0 Å². The number of aromatic hydroxyl groups is 1. The molecule has 2 N–H and O–H groups in total. The van der Waals surface area contributed by atoms with Crippen molar-refractivity contribution in [3.05, 3.63) is 46.7 Å². The molecule has 2 aromatic rings. The summed E-state index contributed by atoms with van der Waals surface area (Å²) >= 11 is 1.15. The maximum absolute atomic E-state index is 12.7. The van der Waals surface area contributed by atoms with Gasteiger partial charge in [-0.15, -0.1) is 10.2 Å². The second-order valence-electron chi connectivity index (χ2n) is 5.79. The van der Waals surface area contributed by atoms with Gasteiger partial charge in [-0.05, 0) is 30.5 Å².